The molecule has 1 aliphatic heterocycles. The Morgan fingerprint density at radius 3 is 2.85 bits per heavy atom. The van der Waals surface area contributed by atoms with Gasteiger partial charge in [0.2, 0.25) is 0 Å². The van der Waals surface area contributed by atoms with E-state index in [0.717, 1.165) is 36.9 Å². The first kappa shape index (κ1) is 21.0. The lowest BCUT2D eigenvalue weighted by Gasteiger charge is -2.20. The summed E-state index contributed by atoms with van der Waals surface area (Å²) in [6.45, 7) is 2.37. The van der Waals surface area contributed by atoms with E-state index >= 15 is 0 Å². The number of rotatable bonds is 4. The van der Waals surface area contributed by atoms with Crippen molar-refractivity contribution in [3.05, 3.63) is 52.4 Å². The van der Waals surface area contributed by atoms with Gasteiger partial charge in [0.25, 0.3) is 0 Å². The molecule has 0 bridgehead atoms. The van der Waals surface area contributed by atoms with Crippen LogP contribution in [0.4, 0.5) is 5.82 Å². The molecule has 0 saturated carbocycles. The molecule has 1 aliphatic rings. The van der Waals surface area contributed by atoms with Gasteiger partial charge in [-0.3, -0.25) is 4.99 Å². The van der Waals surface area contributed by atoms with Gasteiger partial charge < -0.3 is 15.5 Å². The molecule has 0 amide bonds. The minimum Gasteiger partial charge on any atom is -0.353 e. The van der Waals surface area contributed by atoms with Crippen molar-refractivity contribution < 1.29 is 0 Å². The van der Waals surface area contributed by atoms with E-state index in [2.05, 4.69) is 30.5 Å². The normalized spacial score (nSPS) is 17.0. The molecule has 1 unspecified atom stereocenters. The molecule has 3 rings (SSSR count). The molecule has 2 aromatic heterocycles. The van der Waals surface area contributed by atoms with Gasteiger partial charge in [0.1, 0.15) is 11.0 Å². The predicted octanol–water partition coefficient (Wildman–Crippen LogP) is 3.35. The molecule has 0 aliphatic carbocycles. The van der Waals surface area contributed by atoms with E-state index in [4.69, 9.17) is 23.2 Å². The second-order valence-electron chi connectivity index (χ2n) is 5.80. The summed E-state index contributed by atoms with van der Waals surface area (Å²) in [5.74, 6) is 1.59. The maximum atomic E-state index is 6.24. The lowest BCUT2D eigenvalue weighted by atomic mass is 10.2. The maximum absolute atomic E-state index is 6.24. The van der Waals surface area contributed by atoms with Gasteiger partial charge in [-0.15, -0.1) is 24.0 Å². The van der Waals surface area contributed by atoms with Crippen molar-refractivity contribution in [1.82, 2.24) is 20.6 Å². The van der Waals surface area contributed by atoms with Crippen LogP contribution in [-0.2, 0) is 6.54 Å². The summed E-state index contributed by atoms with van der Waals surface area (Å²) in [6, 6.07) is 7.71. The van der Waals surface area contributed by atoms with Gasteiger partial charge in [0.05, 0.1) is 5.02 Å². The molecule has 0 radical (unpaired) electrons. The summed E-state index contributed by atoms with van der Waals surface area (Å²) in [5.41, 5.74) is 1.04. The summed E-state index contributed by atoms with van der Waals surface area (Å²) in [5, 5.41) is 7.91. The van der Waals surface area contributed by atoms with E-state index in [0.29, 0.717) is 16.7 Å². The number of anilines is 1. The molecule has 6 nitrogen and oxygen atoms in total. The van der Waals surface area contributed by atoms with E-state index in [1.54, 1.807) is 25.5 Å². The fourth-order valence-corrected chi connectivity index (χ4v) is 3.12. The molecule has 1 saturated heterocycles. The third-order valence-electron chi connectivity index (χ3n) is 4.04. The van der Waals surface area contributed by atoms with Crippen molar-refractivity contribution in [2.45, 2.75) is 19.0 Å². The van der Waals surface area contributed by atoms with Crippen molar-refractivity contribution in [2.24, 2.45) is 4.99 Å². The van der Waals surface area contributed by atoms with E-state index in [-0.39, 0.29) is 30.0 Å². The van der Waals surface area contributed by atoms with Crippen molar-refractivity contribution >= 4 is 59.0 Å². The summed E-state index contributed by atoms with van der Waals surface area (Å²) < 4.78 is 0. The molecule has 0 spiro atoms. The van der Waals surface area contributed by atoms with E-state index < -0.39 is 0 Å². The van der Waals surface area contributed by atoms with Crippen LogP contribution in [-0.4, -0.2) is 42.1 Å². The minimum absolute atomic E-state index is 0. The van der Waals surface area contributed by atoms with Crippen molar-refractivity contribution in [1.29, 1.82) is 0 Å². The molecular formula is C17H21Cl2IN6. The summed E-state index contributed by atoms with van der Waals surface area (Å²) in [4.78, 5) is 14.9. The zero-order valence-corrected chi connectivity index (χ0v) is 18.2. The third-order valence-corrected chi connectivity index (χ3v) is 4.56. The molecule has 140 valence electrons. The van der Waals surface area contributed by atoms with Crippen LogP contribution >= 0.6 is 47.2 Å². The molecule has 9 heteroatoms. The Morgan fingerprint density at radius 1 is 1.31 bits per heavy atom. The summed E-state index contributed by atoms with van der Waals surface area (Å²) in [6.07, 6.45) is 4.52. The number of guanidine groups is 1. The molecule has 3 heterocycles. The van der Waals surface area contributed by atoms with Gasteiger partial charge in [-0.1, -0.05) is 29.3 Å². The van der Waals surface area contributed by atoms with Crippen molar-refractivity contribution in [3.63, 3.8) is 0 Å². The Morgan fingerprint density at radius 2 is 2.15 bits per heavy atom. The van der Waals surface area contributed by atoms with Crippen molar-refractivity contribution in [2.75, 3.05) is 25.0 Å². The van der Waals surface area contributed by atoms with E-state index in [9.17, 15) is 0 Å². The quantitative estimate of drug-likeness (QED) is 0.288. The monoisotopic (exact) mass is 506 g/mol. The first-order valence-corrected chi connectivity index (χ1v) is 8.84. The number of nitrogens with zero attached hydrogens (tertiary/aromatic N) is 4. The van der Waals surface area contributed by atoms with Crippen LogP contribution in [0.1, 0.15) is 12.0 Å². The molecule has 26 heavy (non-hydrogen) atoms. The zero-order chi connectivity index (χ0) is 17.6. The number of hydrogen-bond acceptors (Lipinski definition) is 4. The van der Waals surface area contributed by atoms with Gasteiger partial charge in [-0.05, 0) is 30.2 Å². The number of pyridine rings is 2. The highest BCUT2D eigenvalue weighted by molar-refractivity contribution is 14.0. The summed E-state index contributed by atoms with van der Waals surface area (Å²) >= 11 is 12.0. The number of aliphatic imine (C=N–C) groups is 1. The fraction of sp³-hybridized carbons (Fsp3) is 0.353. The third kappa shape index (κ3) is 5.59. The Labute approximate surface area is 180 Å². The lowest BCUT2D eigenvalue weighted by molar-refractivity contribution is 0.648. The Bertz CT molecular complexity index is 740. The van der Waals surface area contributed by atoms with Crippen molar-refractivity contribution in [3.8, 4) is 0 Å². The number of nitrogens with one attached hydrogen (secondary N) is 2. The number of aromatic nitrogens is 2. The highest BCUT2D eigenvalue weighted by Gasteiger charge is 2.25. The van der Waals surface area contributed by atoms with Gasteiger partial charge in [0.15, 0.2) is 5.96 Å². The topological polar surface area (TPSA) is 65.4 Å². The summed E-state index contributed by atoms with van der Waals surface area (Å²) in [7, 11) is 1.76. The van der Waals surface area contributed by atoms with Crippen LogP contribution in [0.15, 0.2) is 41.7 Å². The SMILES string of the molecule is CN=C(NCc1ccc(Cl)nc1)NC1CCN(c2ncccc2Cl)C1.I. The molecule has 0 aromatic carbocycles. The average molecular weight is 507 g/mol. The number of hydrogen-bond donors (Lipinski definition) is 2. The second-order valence-corrected chi connectivity index (χ2v) is 6.59. The molecule has 1 atom stereocenters. The highest BCUT2D eigenvalue weighted by atomic mass is 127. The van der Waals surface area contributed by atoms with Crippen LogP contribution in [0.2, 0.25) is 10.2 Å². The molecule has 1 fully saturated rings. The van der Waals surface area contributed by atoms with Crippen LogP contribution in [0.3, 0.4) is 0 Å². The number of halogens is 3. The largest absolute Gasteiger partial charge is 0.353 e. The van der Waals surface area contributed by atoms with Gasteiger partial charge in [0, 0.05) is 45.1 Å². The first-order chi connectivity index (χ1) is 12.2. The standard InChI is InChI=1S/C17H20Cl2N6.HI/c1-20-17(23-10-12-4-5-15(19)22-9-12)24-13-6-8-25(11-13)16-14(18)3-2-7-21-16;/h2-5,7,9,13H,6,8,10-11H2,1H3,(H2,20,23,24);1H. The van der Waals surface area contributed by atoms with Crippen LogP contribution in [0.5, 0.6) is 0 Å². The van der Waals surface area contributed by atoms with Gasteiger partial charge >= 0.3 is 0 Å². The first-order valence-electron chi connectivity index (χ1n) is 8.09. The van der Waals surface area contributed by atoms with E-state index in [1.165, 1.54) is 0 Å². The van der Waals surface area contributed by atoms with Crippen LogP contribution in [0.25, 0.3) is 0 Å². The molecule has 2 N–H and O–H groups in total. The second kappa shape index (κ2) is 10.1. The van der Waals surface area contributed by atoms with Gasteiger partial charge in [-0.2, -0.15) is 0 Å². The Kier molecular flexibility index (Phi) is 8.17. The maximum Gasteiger partial charge on any atom is 0.191 e. The van der Waals surface area contributed by atoms with Crippen LogP contribution in [0, 0.1) is 0 Å². The molecular weight excluding hydrogens is 486 g/mol. The van der Waals surface area contributed by atoms with Gasteiger partial charge in [-0.25, -0.2) is 9.97 Å². The fourth-order valence-electron chi connectivity index (χ4n) is 2.77. The minimum atomic E-state index is 0. The lowest BCUT2D eigenvalue weighted by Crippen LogP contribution is -2.44. The highest BCUT2D eigenvalue weighted by Crippen LogP contribution is 2.25. The Hall–Kier alpha value is -1.32. The zero-order valence-electron chi connectivity index (χ0n) is 14.3. The smallest absolute Gasteiger partial charge is 0.191 e. The van der Waals surface area contributed by atoms with Crippen LogP contribution < -0.4 is 15.5 Å². The average Bonchev–Trinajstić information content (AvgIpc) is 3.08. The van der Waals surface area contributed by atoms with E-state index in [1.807, 2.05) is 18.2 Å². The molecule has 2 aromatic rings. The predicted molar refractivity (Wildman–Crippen MR) is 118 cm³/mol. The Balaban J connectivity index is 0.00000243.